The average Bonchev–Trinajstić information content (AvgIpc) is 3.18. The third kappa shape index (κ3) is 5.16. The van der Waals surface area contributed by atoms with Gasteiger partial charge in [0, 0.05) is 18.2 Å². The molecule has 1 aliphatic rings. The summed E-state index contributed by atoms with van der Waals surface area (Å²) in [6.45, 7) is 3.22. The first-order valence-electron chi connectivity index (χ1n) is 10.0. The largest absolute Gasteiger partial charge is 0.573 e. The molecule has 2 atom stereocenters. The Morgan fingerprint density at radius 1 is 1.23 bits per heavy atom. The summed E-state index contributed by atoms with van der Waals surface area (Å²) in [7, 11) is 0. The molecule has 0 spiro atoms. The smallest absolute Gasteiger partial charge is 0.440 e. The predicted molar refractivity (Wildman–Crippen MR) is 109 cm³/mol. The van der Waals surface area contributed by atoms with Crippen LogP contribution in [-0.2, 0) is 4.79 Å². The molecule has 1 aromatic heterocycles. The molecule has 1 aliphatic heterocycles. The fourth-order valence-corrected chi connectivity index (χ4v) is 3.78. The number of amides is 1. The maximum Gasteiger partial charge on any atom is 0.573 e. The number of ether oxygens (including phenoxy) is 1. The summed E-state index contributed by atoms with van der Waals surface area (Å²) in [5.41, 5.74) is 1.97. The zero-order valence-electron chi connectivity index (χ0n) is 16.9. The van der Waals surface area contributed by atoms with E-state index in [0.717, 1.165) is 42.6 Å². The van der Waals surface area contributed by atoms with Crippen LogP contribution in [0, 0.1) is 0 Å². The van der Waals surface area contributed by atoms with E-state index < -0.39 is 12.4 Å². The highest BCUT2D eigenvalue weighted by molar-refractivity contribution is 5.94. The first-order chi connectivity index (χ1) is 14.8. The molecule has 1 saturated heterocycles. The van der Waals surface area contributed by atoms with E-state index >= 15 is 0 Å². The number of likely N-dealkylation sites (tertiary alicyclic amines) is 1. The Hall–Kier alpha value is -3.07. The highest BCUT2D eigenvalue weighted by Gasteiger charge is 2.32. The maximum absolute atomic E-state index is 12.7. The van der Waals surface area contributed by atoms with E-state index in [1.54, 1.807) is 0 Å². The number of para-hydroxylation sites is 2. The Morgan fingerprint density at radius 3 is 2.68 bits per heavy atom. The number of rotatable bonds is 5. The number of nitrogens with one attached hydrogen (secondary N) is 1. The minimum atomic E-state index is -4.75. The Bertz CT molecular complexity index is 1020. The third-order valence-electron chi connectivity index (χ3n) is 5.40. The molecule has 164 valence electrons. The van der Waals surface area contributed by atoms with Crippen molar-refractivity contribution in [2.24, 2.45) is 0 Å². The lowest BCUT2D eigenvalue weighted by Crippen LogP contribution is -2.46. The highest BCUT2D eigenvalue weighted by atomic mass is 19.4. The van der Waals surface area contributed by atoms with Gasteiger partial charge in [0.05, 0.1) is 6.04 Å². The van der Waals surface area contributed by atoms with Gasteiger partial charge in [0.1, 0.15) is 11.3 Å². The van der Waals surface area contributed by atoms with Gasteiger partial charge in [-0.25, -0.2) is 4.98 Å². The second-order valence-corrected chi connectivity index (χ2v) is 7.59. The number of carbonyl (C=O) groups is 1. The SMILES string of the molecule is CC(C(=O)Nc1ccc(OC(F)(F)F)cc1)N1CCCC(c2nc3ccccc3o2)C1. The minimum Gasteiger partial charge on any atom is -0.440 e. The van der Waals surface area contributed by atoms with Gasteiger partial charge in [-0.15, -0.1) is 13.2 Å². The molecule has 0 aliphatic carbocycles. The first kappa shape index (κ1) is 21.2. The molecule has 1 fully saturated rings. The lowest BCUT2D eigenvalue weighted by molar-refractivity contribution is -0.274. The monoisotopic (exact) mass is 433 g/mol. The maximum atomic E-state index is 12.7. The molecule has 2 aromatic carbocycles. The lowest BCUT2D eigenvalue weighted by Gasteiger charge is -2.34. The number of nitrogens with zero attached hydrogens (tertiary/aromatic N) is 2. The summed E-state index contributed by atoms with van der Waals surface area (Å²) in [5.74, 6) is 0.201. The quantitative estimate of drug-likeness (QED) is 0.618. The van der Waals surface area contributed by atoms with Gasteiger partial charge in [0.2, 0.25) is 5.91 Å². The summed E-state index contributed by atoms with van der Waals surface area (Å²) in [6, 6.07) is 12.3. The molecule has 3 aromatic rings. The van der Waals surface area contributed by atoms with Gasteiger partial charge in [-0.1, -0.05) is 12.1 Å². The number of halogens is 3. The van der Waals surface area contributed by atoms with Crippen LogP contribution in [0.4, 0.5) is 18.9 Å². The number of hydrogen-bond acceptors (Lipinski definition) is 5. The number of aromatic nitrogens is 1. The summed E-state index contributed by atoms with van der Waals surface area (Å²) in [4.78, 5) is 19.4. The van der Waals surface area contributed by atoms with Crippen molar-refractivity contribution >= 4 is 22.7 Å². The van der Waals surface area contributed by atoms with E-state index in [1.807, 2.05) is 31.2 Å². The molecular weight excluding hydrogens is 411 g/mol. The van der Waals surface area contributed by atoms with Gasteiger partial charge in [0.25, 0.3) is 0 Å². The summed E-state index contributed by atoms with van der Waals surface area (Å²) >= 11 is 0. The fourth-order valence-electron chi connectivity index (χ4n) is 3.78. The fraction of sp³-hybridized carbons (Fsp3) is 0.364. The number of carbonyl (C=O) groups excluding carboxylic acids is 1. The van der Waals surface area contributed by atoms with Gasteiger partial charge in [-0.2, -0.15) is 0 Å². The number of oxazole rings is 1. The van der Waals surface area contributed by atoms with Gasteiger partial charge >= 0.3 is 6.36 Å². The van der Waals surface area contributed by atoms with Crippen LogP contribution in [0.15, 0.2) is 52.9 Å². The van der Waals surface area contributed by atoms with E-state index in [9.17, 15) is 18.0 Å². The van der Waals surface area contributed by atoms with E-state index in [2.05, 4.69) is 19.9 Å². The van der Waals surface area contributed by atoms with Crippen LogP contribution in [0.25, 0.3) is 11.1 Å². The summed E-state index contributed by atoms with van der Waals surface area (Å²) in [5, 5.41) is 2.75. The van der Waals surface area contributed by atoms with Crippen molar-refractivity contribution in [2.45, 2.75) is 38.1 Å². The Balaban J connectivity index is 1.38. The van der Waals surface area contributed by atoms with Gasteiger partial charge in [-0.3, -0.25) is 9.69 Å². The molecule has 1 N–H and O–H groups in total. The molecule has 0 saturated carbocycles. The number of alkyl halides is 3. The number of benzene rings is 2. The van der Waals surface area contributed by atoms with Gasteiger partial charge in [0.15, 0.2) is 11.5 Å². The van der Waals surface area contributed by atoms with Crippen molar-refractivity contribution in [3.8, 4) is 5.75 Å². The Kier molecular flexibility index (Phi) is 5.86. The molecule has 0 radical (unpaired) electrons. The number of anilines is 1. The standard InChI is InChI=1S/C22H22F3N3O3/c1-14(20(29)26-16-8-10-17(11-9-16)31-22(23,24)25)28-12-4-5-15(13-28)21-27-18-6-2-3-7-19(18)30-21/h2-3,6-11,14-15H,4-5,12-13H2,1H3,(H,26,29). The molecule has 4 rings (SSSR count). The zero-order valence-corrected chi connectivity index (χ0v) is 16.9. The van der Waals surface area contributed by atoms with Crippen LogP contribution in [0.5, 0.6) is 5.75 Å². The number of piperidine rings is 1. The van der Waals surface area contributed by atoms with Crippen molar-refractivity contribution < 1.29 is 27.1 Å². The molecular formula is C22H22F3N3O3. The van der Waals surface area contributed by atoms with Crippen LogP contribution in [-0.4, -0.2) is 41.3 Å². The minimum absolute atomic E-state index is 0.0928. The first-order valence-corrected chi connectivity index (χ1v) is 10.0. The average molecular weight is 433 g/mol. The third-order valence-corrected chi connectivity index (χ3v) is 5.40. The topological polar surface area (TPSA) is 67.6 Å². The summed E-state index contributed by atoms with van der Waals surface area (Å²) < 4.78 is 46.6. The Labute approximate surface area is 177 Å². The lowest BCUT2D eigenvalue weighted by atomic mass is 9.96. The Morgan fingerprint density at radius 2 is 1.97 bits per heavy atom. The second-order valence-electron chi connectivity index (χ2n) is 7.59. The van der Waals surface area contributed by atoms with Crippen molar-refractivity contribution in [1.29, 1.82) is 0 Å². The predicted octanol–water partition coefficient (Wildman–Crippen LogP) is 4.93. The second kappa shape index (κ2) is 8.58. The van der Waals surface area contributed by atoms with Gasteiger partial charge < -0.3 is 14.5 Å². The van der Waals surface area contributed by atoms with Crippen LogP contribution in [0.2, 0.25) is 0 Å². The molecule has 9 heteroatoms. The van der Waals surface area contributed by atoms with Gasteiger partial charge in [-0.05, 0) is 62.7 Å². The normalized spacial score (nSPS) is 18.6. The number of hydrogen-bond donors (Lipinski definition) is 1. The van der Waals surface area contributed by atoms with E-state index in [-0.39, 0.29) is 17.6 Å². The highest BCUT2D eigenvalue weighted by Crippen LogP contribution is 2.30. The van der Waals surface area contributed by atoms with Crippen LogP contribution >= 0.6 is 0 Å². The molecule has 2 heterocycles. The van der Waals surface area contributed by atoms with Crippen LogP contribution in [0.3, 0.4) is 0 Å². The van der Waals surface area contributed by atoms with Crippen LogP contribution in [0.1, 0.15) is 31.6 Å². The van der Waals surface area contributed by atoms with Crippen molar-refractivity contribution in [2.75, 3.05) is 18.4 Å². The molecule has 31 heavy (non-hydrogen) atoms. The molecule has 1 amide bonds. The molecule has 6 nitrogen and oxygen atoms in total. The molecule has 2 unspecified atom stereocenters. The van der Waals surface area contributed by atoms with Crippen molar-refractivity contribution in [3.05, 3.63) is 54.4 Å². The van der Waals surface area contributed by atoms with E-state index in [0.29, 0.717) is 18.1 Å². The zero-order chi connectivity index (χ0) is 22.0. The van der Waals surface area contributed by atoms with E-state index in [1.165, 1.54) is 12.1 Å². The number of fused-ring (bicyclic) bond motifs is 1. The van der Waals surface area contributed by atoms with Crippen molar-refractivity contribution in [1.82, 2.24) is 9.88 Å². The van der Waals surface area contributed by atoms with E-state index in [4.69, 9.17) is 4.42 Å². The van der Waals surface area contributed by atoms with Crippen LogP contribution < -0.4 is 10.1 Å². The molecule has 0 bridgehead atoms. The summed E-state index contributed by atoms with van der Waals surface area (Å²) in [6.07, 6.45) is -2.92. The van der Waals surface area contributed by atoms with Crippen molar-refractivity contribution in [3.63, 3.8) is 0 Å².